The average Bonchev–Trinajstić information content (AvgIpc) is 2.33. The zero-order chi connectivity index (χ0) is 12.7. The van der Waals surface area contributed by atoms with Crippen LogP contribution in [0.5, 0.6) is 0 Å². The summed E-state index contributed by atoms with van der Waals surface area (Å²) in [5, 5.41) is 11.4. The summed E-state index contributed by atoms with van der Waals surface area (Å²) in [4.78, 5) is 15.8. The van der Waals surface area contributed by atoms with Crippen molar-refractivity contribution in [2.45, 2.75) is 26.2 Å². The predicted molar refractivity (Wildman–Crippen MR) is 65.8 cm³/mol. The van der Waals surface area contributed by atoms with E-state index in [-0.39, 0.29) is 5.91 Å². The number of halogens is 1. The van der Waals surface area contributed by atoms with Crippen LogP contribution in [0.15, 0.2) is 12.1 Å². The van der Waals surface area contributed by atoms with Gasteiger partial charge in [-0.05, 0) is 25.0 Å². The highest BCUT2D eigenvalue weighted by atomic mass is 35.5. The summed E-state index contributed by atoms with van der Waals surface area (Å²) >= 11 is 5.82. The number of nitrogens with zero attached hydrogens (tertiary/aromatic N) is 2. The number of amides is 1. The number of aromatic nitrogens is 1. The average molecular weight is 252 g/mol. The van der Waals surface area contributed by atoms with Gasteiger partial charge in [-0.15, -0.1) is 0 Å². The Morgan fingerprint density at radius 1 is 1.59 bits per heavy atom. The Morgan fingerprint density at radius 3 is 3.00 bits per heavy atom. The normalized spacial score (nSPS) is 9.71. The highest BCUT2D eigenvalue weighted by molar-refractivity contribution is 6.29. The van der Waals surface area contributed by atoms with Crippen LogP contribution >= 0.6 is 11.6 Å². The molecule has 1 aromatic rings. The molecule has 1 amide bonds. The lowest BCUT2D eigenvalue weighted by Crippen LogP contribution is -2.24. The van der Waals surface area contributed by atoms with Gasteiger partial charge in [0.2, 0.25) is 0 Å². The van der Waals surface area contributed by atoms with Crippen LogP contribution in [-0.4, -0.2) is 17.4 Å². The van der Waals surface area contributed by atoms with Gasteiger partial charge in [0.25, 0.3) is 5.91 Å². The molecule has 0 unspecified atom stereocenters. The number of carbonyl (C=O) groups is 1. The van der Waals surface area contributed by atoms with E-state index in [4.69, 9.17) is 16.9 Å². The Hall–Kier alpha value is -1.60. The Morgan fingerprint density at radius 2 is 2.35 bits per heavy atom. The molecule has 1 heterocycles. The Balaban J connectivity index is 2.62. The molecule has 0 saturated carbocycles. The summed E-state index contributed by atoms with van der Waals surface area (Å²) < 4.78 is 0. The number of hydrogen-bond acceptors (Lipinski definition) is 3. The first-order valence-electron chi connectivity index (χ1n) is 5.49. The fraction of sp³-hybridized carbons (Fsp3) is 0.417. The van der Waals surface area contributed by atoms with Crippen molar-refractivity contribution in [1.82, 2.24) is 10.3 Å². The van der Waals surface area contributed by atoms with Crippen molar-refractivity contribution in [3.8, 4) is 6.07 Å². The zero-order valence-electron chi connectivity index (χ0n) is 9.66. The molecule has 0 bridgehead atoms. The third-order valence-corrected chi connectivity index (χ3v) is 2.42. The summed E-state index contributed by atoms with van der Waals surface area (Å²) in [6.07, 6.45) is 1.83. The van der Waals surface area contributed by atoms with E-state index in [1.807, 2.05) is 13.0 Å². The SMILES string of the molecule is CCc1cc(C(=O)NCCCC#N)cc(Cl)n1. The number of rotatable bonds is 5. The van der Waals surface area contributed by atoms with Gasteiger partial charge in [0.1, 0.15) is 5.15 Å². The van der Waals surface area contributed by atoms with Crippen molar-refractivity contribution in [2.75, 3.05) is 6.54 Å². The molecule has 0 saturated heterocycles. The lowest BCUT2D eigenvalue weighted by Gasteiger charge is -2.05. The number of nitrogens with one attached hydrogen (secondary N) is 1. The molecule has 0 atom stereocenters. The van der Waals surface area contributed by atoms with Crippen molar-refractivity contribution in [3.63, 3.8) is 0 Å². The smallest absolute Gasteiger partial charge is 0.251 e. The van der Waals surface area contributed by atoms with Crippen LogP contribution in [0.2, 0.25) is 5.15 Å². The number of unbranched alkanes of at least 4 members (excludes halogenated alkanes) is 1. The van der Waals surface area contributed by atoms with Crippen LogP contribution in [0.4, 0.5) is 0 Å². The molecule has 17 heavy (non-hydrogen) atoms. The van der Waals surface area contributed by atoms with Crippen LogP contribution in [0.1, 0.15) is 35.8 Å². The summed E-state index contributed by atoms with van der Waals surface area (Å²) in [5.74, 6) is -0.179. The third kappa shape index (κ3) is 4.41. The maximum Gasteiger partial charge on any atom is 0.251 e. The minimum absolute atomic E-state index is 0.179. The fourth-order valence-corrected chi connectivity index (χ4v) is 1.56. The van der Waals surface area contributed by atoms with Gasteiger partial charge in [-0.25, -0.2) is 4.98 Å². The summed E-state index contributed by atoms with van der Waals surface area (Å²) in [6.45, 7) is 2.45. The quantitative estimate of drug-likeness (QED) is 0.645. The van der Waals surface area contributed by atoms with Gasteiger partial charge in [-0.1, -0.05) is 18.5 Å². The van der Waals surface area contributed by atoms with Gasteiger partial charge in [-0.3, -0.25) is 4.79 Å². The molecule has 0 aliphatic heterocycles. The van der Waals surface area contributed by atoms with E-state index in [1.165, 1.54) is 0 Å². The first-order valence-corrected chi connectivity index (χ1v) is 5.86. The molecular formula is C12H14ClN3O. The number of aryl methyl sites for hydroxylation is 1. The molecule has 0 spiro atoms. The van der Waals surface area contributed by atoms with Crippen LogP contribution in [-0.2, 0) is 6.42 Å². The van der Waals surface area contributed by atoms with Crippen LogP contribution < -0.4 is 5.32 Å². The van der Waals surface area contributed by atoms with Crippen molar-refractivity contribution in [3.05, 3.63) is 28.5 Å². The van der Waals surface area contributed by atoms with Gasteiger partial charge in [0.05, 0.1) is 6.07 Å². The predicted octanol–water partition coefficient (Wildman–Crippen LogP) is 2.33. The Kier molecular flexibility index (Phi) is 5.44. The molecule has 0 aliphatic rings. The summed E-state index contributed by atoms with van der Waals surface area (Å²) in [7, 11) is 0. The first-order chi connectivity index (χ1) is 8.17. The molecule has 0 fully saturated rings. The van der Waals surface area contributed by atoms with Gasteiger partial charge >= 0.3 is 0 Å². The number of pyridine rings is 1. The highest BCUT2D eigenvalue weighted by Gasteiger charge is 2.07. The topological polar surface area (TPSA) is 65.8 Å². The van der Waals surface area contributed by atoms with E-state index in [2.05, 4.69) is 10.3 Å². The second kappa shape index (κ2) is 6.87. The molecule has 1 aromatic heterocycles. The van der Waals surface area contributed by atoms with Crippen LogP contribution in [0.3, 0.4) is 0 Å². The van der Waals surface area contributed by atoms with E-state index in [0.29, 0.717) is 30.1 Å². The molecule has 1 rings (SSSR count). The number of carbonyl (C=O) groups excluding carboxylic acids is 1. The Bertz CT molecular complexity index is 440. The standard InChI is InChI=1S/C12H14ClN3O/c1-2-10-7-9(8-11(13)16-10)12(17)15-6-4-3-5-14/h7-8H,2-4,6H2,1H3,(H,15,17). The van der Waals surface area contributed by atoms with Crippen molar-refractivity contribution < 1.29 is 4.79 Å². The first kappa shape index (κ1) is 13.5. The Labute approximate surface area is 106 Å². The minimum atomic E-state index is -0.179. The van der Waals surface area contributed by atoms with Crippen LogP contribution in [0.25, 0.3) is 0 Å². The fourth-order valence-electron chi connectivity index (χ4n) is 1.33. The summed E-state index contributed by atoms with van der Waals surface area (Å²) in [6, 6.07) is 5.30. The van der Waals surface area contributed by atoms with Crippen molar-refractivity contribution >= 4 is 17.5 Å². The zero-order valence-corrected chi connectivity index (χ0v) is 10.4. The van der Waals surface area contributed by atoms with Crippen molar-refractivity contribution in [2.24, 2.45) is 0 Å². The van der Waals surface area contributed by atoms with Gasteiger partial charge in [0.15, 0.2) is 0 Å². The largest absolute Gasteiger partial charge is 0.352 e. The highest BCUT2D eigenvalue weighted by Crippen LogP contribution is 2.11. The minimum Gasteiger partial charge on any atom is -0.352 e. The van der Waals surface area contributed by atoms with E-state index in [1.54, 1.807) is 12.1 Å². The molecule has 0 aliphatic carbocycles. The third-order valence-electron chi connectivity index (χ3n) is 2.22. The lowest BCUT2D eigenvalue weighted by molar-refractivity contribution is 0.0953. The van der Waals surface area contributed by atoms with Gasteiger partial charge in [0, 0.05) is 24.2 Å². The van der Waals surface area contributed by atoms with E-state index in [0.717, 1.165) is 12.1 Å². The number of hydrogen-bond donors (Lipinski definition) is 1. The molecule has 0 aromatic carbocycles. The molecule has 4 nitrogen and oxygen atoms in total. The maximum absolute atomic E-state index is 11.7. The second-order valence-electron chi connectivity index (χ2n) is 3.54. The van der Waals surface area contributed by atoms with Gasteiger partial charge < -0.3 is 5.32 Å². The van der Waals surface area contributed by atoms with Gasteiger partial charge in [-0.2, -0.15) is 5.26 Å². The van der Waals surface area contributed by atoms with E-state index < -0.39 is 0 Å². The maximum atomic E-state index is 11.7. The molecule has 1 N–H and O–H groups in total. The monoisotopic (exact) mass is 251 g/mol. The lowest BCUT2D eigenvalue weighted by atomic mass is 10.2. The molecule has 0 radical (unpaired) electrons. The second-order valence-corrected chi connectivity index (χ2v) is 3.93. The number of nitriles is 1. The summed E-state index contributed by atoms with van der Waals surface area (Å²) in [5.41, 5.74) is 1.30. The van der Waals surface area contributed by atoms with Crippen molar-refractivity contribution in [1.29, 1.82) is 5.26 Å². The van der Waals surface area contributed by atoms with E-state index in [9.17, 15) is 4.79 Å². The van der Waals surface area contributed by atoms with Crippen LogP contribution in [0, 0.1) is 11.3 Å². The van der Waals surface area contributed by atoms with E-state index >= 15 is 0 Å². The molecular weight excluding hydrogens is 238 g/mol. The molecule has 90 valence electrons. The molecule has 5 heteroatoms.